The van der Waals surface area contributed by atoms with E-state index in [0.29, 0.717) is 12.2 Å². The lowest BCUT2D eigenvalue weighted by Crippen LogP contribution is -2.35. The minimum atomic E-state index is -0.441. The smallest absolute Gasteiger partial charge is 0.238 e. The third-order valence-electron chi connectivity index (χ3n) is 2.61. The second-order valence-corrected chi connectivity index (χ2v) is 4.28. The van der Waals surface area contributed by atoms with Crippen molar-refractivity contribution < 1.29 is 14.3 Å². The minimum absolute atomic E-state index is 0.00592. The molecule has 0 fully saturated rings. The van der Waals surface area contributed by atoms with Gasteiger partial charge in [-0.2, -0.15) is 0 Å². The Labute approximate surface area is 112 Å². The van der Waals surface area contributed by atoms with E-state index in [1.54, 1.807) is 0 Å². The SMILES string of the molecule is CCCN(CCO)CC(=O)Nc1ccc(F)cc1N. The Hall–Kier alpha value is -1.66. The Morgan fingerprint density at radius 3 is 2.79 bits per heavy atom. The fourth-order valence-corrected chi connectivity index (χ4v) is 1.77. The number of nitrogens with one attached hydrogen (secondary N) is 1. The number of halogens is 1. The fraction of sp³-hybridized carbons (Fsp3) is 0.462. The van der Waals surface area contributed by atoms with Gasteiger partial charge in [0.25, 0.3) is 0 Å². The molecular weight excluding hydrogens is 249 g/mol. The summed E-state index contributed by atoms with van der Waals surface area (Å²) >= 11 is 0. The van der Waals surface area contributed by atoms with Crippen LogP contribution in [0.4, 0.5) is 15.8 Å². The third-order valence-corrected chi connectivity index (χ3v) is 2.61. The number of nitrogens with two attached hydrogens (primary N) is 1. The van der Waals surface area contributed by atoms with Crippen molar-refractivity contribution in [3.05, 3.63) is 24.0 Å². The highest BCUT2D eigenvalue weighted by molar-refractivity contribution is 5.95. The highest BCUT2D eigenvalue weighted by Crippen LogP contribution is 2.18. The largest absolute Gasteiger partial charge is 0.397 e. The summed E-state index contributed by atoms with van der Waals surface area (Å²) < 4.78 is 12.9. The van der Waals surface area contributed by atoms with E-state index in [4.69, 9.17) is 10.8 Å². The summed E-state index contributed by atoms with van der Waals surface area (Å²) in [5.41, 5.74) is 6.20. The summed E-state index contributed by atoms with van der Waals surface area (Å²) in [5.74, 6) is -0.677. The van der Waals surface area contributed by atoms with Crippen molar-refractivity contribution in [1.82, 2.24) is 4.90 Å². The van der Waals surface area contributed by atoms with Crippen LogP contribution in [0.1, 0.15) is 13.3 Å². The number of hydrogen-bond acceptors (Lipinski definition) is 4. The molecule has 0 saturated carbocycles. The van der Waals surface area contributed by atoms with Crippen LogP contribution in [0.2, 0.25) is 0 Å². The molecule has 1 aromatic carbocycles. The van der Waals surface area contributed by atoms with Gasteiger partial charge >= 0.3 is 0 Å². The van der Waals surface area contributed by atoms with Gasteiger partial charge in [-0.3, -0.25) is 9.69 Å². The Bertz CT molecular complexity index is 420. The average Bonchev–Trinajstić information content (AvgIpc) is 2.33. The van der Waals surface area contributed by atoms with Gasteiger partial charge in [0.2, 0.25) is 5.91 Å². The van der Waals surface area contributed by atoms with Crippen LogP contribution in [0.5, 0.6) is 0 Å². The first-order chi connectivity index (χ1) is 9.06. The molecule has 1 rings (SSSR count). The first-order valence-electron chi connectivity index (χ1n) is 6.25. The van der Waals surface area contributed by atoms with Crippen molar-refractivity contribution in [1.29, 1.82) is 0 Å². The standard InChI is InChI=1S/C13H20FN3O2/c1-2-5-17(6-7-18)9-13(19)16-12-4-3-10(14)8-11(12)15/h3-4,8,18H,2,5-7,9,15H2,1H3,(H,16,19). The van der Waals surface area contributed by atoms with E-state index in [1.165, 1.54) is 12.1 Å². The van der Waals surface area contributed by atoms with Gasteiger partial charge in [0.1, 0.15) is 5.82 Å². The number of aliphatic hydroxyl groups excluding tert-OH is 1. The molecule has 19 heavy (non-hydrogen) atoms. The number of aliphatic hydroxyl groups is 1. The van der Waals surface area contributed by atoms with E-state index in [2.05, 4.69) is 5.32 Å². The number of anilines is 2. The highest BCUT2D eigenvalue weighted by atomic mass is 19.1. The maximum Gasteiger partial charge on any atom is 0.238 e. The molecule has 0 radical (unpaired) electrons. The Morgan fingerprint density at radius 2 is 2.21 bits per heavy atom. The molecule has 106 valence electrons. The molecule has 0 aliphatic carbocycles. The van der Waals surface area contributed by atoms with Crippen molar-refractivity contribution in [2.24, 2.45) is 0 Å². The molecule has 0 spiro atoms. The molecule has 0 aromatic heterocycles. The minimum Gasteiger partial charge on any atom is -0.397 e. The maximum absolute atomic E-state index is 12.9. The average molecular weight is 269 g/mol. The van der Waals surface area contributed by atoms with Crippen LogP contribution in [0.3, 0.4) is 0 Å². The second kappa shape index (κ2) is 7.70. The summed E-state index contributed by atoms with van der Waals surface area (Å²) in [5, 5.41) is 11.5. The number of nitrogens with zero attached hydrogens (tertiary/aromatic N) is 1. The molecule has 0 aliphatic heterocycles. The number of rotatable bonds is 7. The fourth-order valence-electron chi connectivity index (χ4n) is 1.77. The summed E-state index contributed by atoms with van der Waals surface area (Å²) in [6.07, 6.45) is 0.895. The van der Waals surface area contributed by atoms with Crippen molar-refractivity contribution in [3.63, 3.8) is 0 Å². The number of benzene rings is 1. The van der Waals surface area contributed by atoms with Gasteiger partial charge < -0.3 is 16.2 Å². The predicted molar refractivity (Wildman–Crippen MR) is 73.3 cm³/mol. The zero-order chi connectivity index (χ0) is 14.3. The topological polar surface area (TPSA) is 78.6 Å². The van der Waals surface area contributed by atoms with Crippen molar-refractivity contribution in [2.45, 2.75) is 13.3 Å². The molecule has 0 atom stereocenters. The molecule has 0 aliphatic rings. The van der Waals surface area contributed by atoms with Crippen molar-refractivity contribution in [2.75, 3.05) is 37.3 Å². The number of carbonyl (C=O) groups is 1. The van der Waals surface area contributed by atoms with E-state index in [1.807, 2.05) is 11.8 Å². The molecule has 0 unspecified atom stereocenters. The molecule has 0 heterocycles. The Kier molecular flexibility index (Phi) is 6.24. The first-order valence-corrected chi connectivity index (χ1v) is 6.25. The van der Waals surface area contributed by atoms with E-state index in [9.17, 15) is 9.18 Å². The molecule has 1 amide bonds. The van der Waals surface area contributed by atoms with Crippen LogP contribution in [-0.2, 0) is 4.79 Å². The van der Waals surface area contributed by atoms with Crippen LogP contribution in [-0.4, -0.2) is 42.2 Å². The third kappa shape index (κ3) is 5.23. The maximum atomic E-state index is 12.9. The number of hydrogen-bond donors (Lipinski definition) is 3. The monoisotopic (exact) mass is 269 g/mol. The Morgan fingerprint density at radius 1 is 1.47 bits per heavy atom. The number of amides is 1. The normalized spacial score (nSPS) is 10.7. The van der Waals surface area contributed by atoms with Crippen LogP contribution < -0.4 is 11.1 Å². The summed E-state index contributed by atoms with van der Waals surface area (Å²) in [6.45, 7) is 3.35. The second-order valence-electron chi connectivity index (χ2n) is 4.28. The summed E-state index contributed by atoms with van der Waals surface area (Å²) in [7, 11) is 0. The summed E-state index contributed by atoms with van der Waals surface area (Å²) in [6, 6.07) is 3.83. The van der Waals surface area contributed by atoms with E-state index in [0.717, 1.165) is 19.0 Å². The molecule has 4 N–H and O–H groups in total. The number of nitrogen functional groups attached to an aromatic ring is 1. The van der Waals surface area contributed by atoms with Gasteiger partial charge in [-0.1, -0.05) is 6.92 Å². The van der Waals surface area contributed by atoms with Gasteiger partial charge in [0.05, 0.1) is 24.5 Å². The van der Waals surface area contributed by atoms with Gasteiger partial charge in [-0.15, -0.1) is 0 Å². The van der Waals surface area contributed by atoms with Crippen LogP contribution in [0, 0.1) is 5.82 Å². The highest BCUT2D eigenvalue weighted by Gasteiger charge is 2.11. The molecule has 0 saturated heterocycles. The molecule has 6 heteroatoms. The molecule has 1 aromatic rings. The van der Waals surface area contributed by atoms with Gasteiger partial charge in [-0.05, 0) is 31.2 Å². The van der Waals surface area contributed by atoms with Gasteiger partial charge in [-0.25, -0.2) is 4.39 Å². The quantitative estimate of drug-likeness (QED) is 0.647. The lowest BCUT2D eigenvalue weighted by molar-refractivity contribution is -0.117. The zero-order valence-electron chi connectivity index (χ0n) is 11.0. The van der Waals surface area contributed by atoms with E-state index < -0.39 is 5.82 Å². The van der Waals surface area contributed by atoms with Crippen molar-refractivity contribution in [3.8, 4) is 0 Å². The molecule has 0 bridgehead atoms. The van der Waals surface area contributed by atoms with E-state index >= 15 is 0 Å². The zero-order valence-corrected chi connectivity index (χ0v) is 11.0. The lowest BCUT2D eigenvalue weighted by atomic mass is 10.2. The number of carbonyl (C=O) groups excluding carboxylic acids is 1. The van der Waals surface area contributed by atoms with Crippen LogP contribution >= 0.6 is 0 Å². The van der Waals surface area contributed by atoms with Gasteiger partial charge in [0.15, 0.2) is 0 Å². The molecule has 5 nitrogen and oxygen atoms in total. The van der Waals surface area contributed by atoms with Gasteiger partial charge in [0, 0.05) is 6.54 Å². The van der Waals surface area contributed by atoms with E-state index in [-0.39, 0.29) is 24.7 Å². The lowest BCUT2D eigenvalue weighted by Gasteiger charge is -2.20. The molecular formula is C13H20FN3O2. The van der Waals surface area contributed by atoms with Crippen molar-refractivity contribution >= 4 is 17.3 Å². The van der Waals surface area contributed by atoms with Crippen LogP contribution in [0.25, 0.3) is 0 Å². The summed E-state index contributed by atoms with van der Waals surface area (Å²) in [4.78, 5) is 13.7. The van der Waals surface area contributed by atoms with Crippen LogP contribution in [0.15, 0.2) is 18.2 Å². The Balaban J connectivity index is 2.58. The predicted octanol–water partition coefficient (Wildman–Crippen LogP) is 1.05. The first kappa shape index (κ1) is 15.4.